The minimum atomic E-state index is -1.33. The monoisotopic (exact) mass is 473 g/mol. The molecular formula is C21H15NO8S2. The summed E-state index contributed by atoms with van der Waals surface area (Å²) >= 11 is 6.26. The number of anilines is 1. The topological polar surface area (TPSA) is 141 Å². The third-order valence-corrected chi connectivity index (χ3v) is 5.53. The molecule has 0 saturated carbocycles. The maximum absolute atomic E-state index is 12.9. The number of benzene rings is 2. The number of carboxylic acids is 3. The largest absolute Gasteiger partial charge is 0.493 e. The summed E-state index contributed by atoms with van der Waals surface area (Å²) in [4.78, 5) is 47.5. The molecule has 1 amide bonds. The number of hydrogen-bond donors (Lipinski definition) is 3. The fourth-order valence-electron chi connectivity index (χ4n) is 2.75. The molecule has 11 heteroatoms. The Balaban J connectivity index is 1.83. The van der Waals surface area contributed by atoms with Crippen LogP contribution in [0.4, 0.5) is 5.69 Å². The third-order valence-electron chi connectivity index (χ3n) is 4.23. The number of thiocarbonyl (C=S) groups is 1. The standard InChI is InChI=1S/C21H15NO8S2/c23-17(24)5-6-30-15-3-1-11(2-4-15)7-16-18(25)22(21(31)32-16)14-9-12(19(26)27)8-13(10-14)20(28)29/h1-4,7-10H,5-6H2,(H,23,24)(H,26,27)(H,28,29)/b16-7-. The van der Waals surface area contributed by atoms with E-state index in [4.69, 9.17) is 22.1 Å². The molecule has 0 atom stereocenters. The van der Waals surface area contributed by atoms with Gasteiger partial charge in [-0.3, -0.25) is 14.5 Å². The first-order chi connectivity index (χ1) is 15.2. The average Bonchev–Trinajstić information content (AvgIpc) is 3.01. The van der Waals surface area contributed by atoms with Crippen molar-refractivity contribution in [3.63, 3.8) is 0 Å². The Hall–Kier alpha value is -3.70. The number of thioether (sulfide) groups is 1. The van der Waals surface area contributed by atoms with Crippen LogP contribution in [0.5, 0.6) is 5.75 Å². The summed E-state index contributed by atoms with van der Waals surface area (Å²) in [6.45, 7) is 0.0288. The molecular weight excluding hydrogens is 458 g/mol. The molecule has 0 aromatic heterocycles. The van der Waals surface area contributed by atoms with E-state index in [9.17, 15) is 29.4 Å². The Labute approximate surface area is 190 Å². The lowest BCUT2D eigenvalue weighted by Gasteiger charge is -2.16. The van der Waals surface area contributed by atoms with Crippen molar-refractivity contribution >= 4 is 63.9 Å². The van der Waals surface area contributed by atoms with Gasteiger partial charge in [0, 0.05) is 0 Å². The number of nitrogens with zero attached hydrogens (tertiary/aromatic N) is 1. The van der Waals surface area contributed by atoms with E-state index in [0.29, 0.717) is 11.3 Å². The van der Waals surface area contributed by atoms with Crippen LogP contribution in [-0.4, -0.2) is 50.1 Å². The Morgan fingerprint density at radius 2 is 1.59 bits per heavy atom. The number of aliphatic carboxylic acids is 1. The molecule has 164 valence electrons. The Morgan fingerprint density at radius 1 is 1.00 bits per heavy atom. The van der Waals surface area contributed by atoms with E-state index < -0.39 is 23.8 Å². The number of aromatic carboxylic acids is 2. The van der Waals surface area contributed by atoms with Gasteiger partial charge in [0.25, 0.3) is 5.91 Å². The molecule has 32 heavy (non-hydrogen) atoms. The smallest absolute Gasteiger partial charge is 0.335 e. The number of ether oxygens (including phenoxy) is 1. The summed E-state index contributed by atoms with van der Waals surface area (Å²) in [7, 11) is 0. The van der Waals surface area contributed by atoms with Crippen LogP contribution in [0.3, 0.4) is 0 Å². The van der Waals surface area contributed by atoms with Gasteiger partial charge >= 0.3 is 17.9 Å². The van der Waals surface area contributed by atoms with E-state index in [0.717, 1.165) is 22.7 Å². The molecule has 1 heterocycles. The van der Waals surface area contributed by atoms with Crippen LogP contribution in [-0.2, 0) is 9.59 Å². The quantitative estimate of drug-likeness (QED) is 0.386. The van der Waals surface area contributed by atoms with Crippen molar-refractivity contribution in [3.05, 3.63) is 64.1 Å². The lowest BCUT2D eigenvalue weighted by molar-refractivity contribution is -0.137. The predicted octanol–water partition coefficient (Wildman–Crippen LogP) is 3.34. The van der Waals surface area contributed by atoms with Crippen LogP contribution in [0.2, 0.25) is 0 Å². The van der Waals surface area contributed by atoms with E-state index in [1.165, 1.54) is 12.1 Å². The molecule has 1 fully saturated rings. The molecule has 0 radical (unpaired) electrons. The Morgan fingerprint density at radius 3 is 2.12 bits per heavy atom. The summed E-state index contributed by atoms with van der Waals surface area (Å²) in [5.41, 5.74) is 0.143. The molecule has 3 rings (SSSR count). The van der Waals surface area contributed by atoms with Gasteiger partial charge in [-0.2, -0.15) is 0 Å². The van der Waals surface area contributed by atoms with Crippen molar-refractivity contribution in [2.75, 3.05) is 11.5 Å². The van der Waals surface area contributed by atoms with Crippen LogP contribution in [0.1, 0.15) is 32.7 Å². The van der Waals surface area contributed by atoms with Gasteiger partial charge in [0.15, 0.2) is 4.32 Å². The Bertz CT molecular complexity index is 1120. The average molecular weight is 473 g/mol. The third kappa shape index (κ3) is 5.31. The van der Waals surface area contributed by atoms with Crippen molar-refractivity contribution in [2.24, 2.45) is 0 Å². The number of carbonyl (C=O) groups excluding carboxylic acids is 1. The first kappa shape index (κ1) is 23.0. The molecule has 1 saturated heterocycles. The summed E-state index contributed by atoms with van der Waals surface area (Å²) < 4.78 is 5.45. The molecule has 0 unspecified atom stereocenters. The first-order valence-electron chi connectivity index (χ1n) is 9.00. The zero-order valence-electron chi connectivity index (χ0n) is 16.2. The van der Waals surface area contributed by atoms with Crippen LogP contribution in [0.15, 0.2) is 47.4 Å². The lowest BCUT2D eigenvalue weighted by Crippen LogP contribution is -2.28. The van der Waals surface area contributed by atoms with Gasteiger partial charge in [-0.15, -0.1) is 0 Å². The fourth-order valence-corrected chi connectivity index (χ4v) is 4.04. The van der Waals surface area contributed by atoms with E-state index in [2.05, 4.69) is 0 Å². The second-order valence-electron chi connectivity index (χ2n) is 6.46. The van der Waals surface area contributed by atoms with Gasteiger partial charge < -0.3 is 20.1 Å². The van der Waals surface area contributed by atoms with Crippen molar-refractivity contribution in [1.29, 1.82) is 0 Å². The van der Waals surface area contributed by atoms with Gasteiger partial charge in [0.2, 0.25) is 0 Å². The number of carbonyl (C=O) groups is 4. The van der Waals surface area contributed by atoms with Crippen LogP contribution in [0.25, 0.3) is 6.08 Å². The van der Waals surface area contributed by atoms with Crippen molar-refractivity contribution in [1.82, 2.24) is 0 Å². The van der Waals surface area contributed by atoms with Crippen molar-refractivity contribution < 1.29 is 39.2 Å². The molecule has 3 N–H and O–H groups in total. The Kier molecular flexibility index (Phi) is 6.91. The highest BCUT2D eigenvalue weighted by Crippen LogP contribution is 2.37. The zero-order valence-corrected chi connectivity index (χ0v) is 17.8. The molecule has 1 aliphatic heterocycles. The first-order valence-corrected chi connectivity index (χ1v) is 10.2. The predicted molar refractivity (Wildman–Crippen MR) is 120 cm³/mol. The van der Waals surface area contributed by atoms with Crippen molar-refractivity contribution in [3.8, 4) is 5.75 Å². The number of hydrogen-bond acceptors (Lipinski definition) is 7. The van der Waals surface area contributed by atoms with Crippen LogP contribution in [0, 0.1) is 0 Å². The summed E-state index contributed by atoms with van der Waals surface area (Å²) in [5.74, 6) is -3.67. The summed E-state index contributed by atoms with van der Waals surface area (Å²) in [6, 6.07) is 9.99. The van der Waals surface area contributed by atoms with Gasteiger partial charge in [0.05, 0.1) is 34.7 Å². The number of rotatable bonds is 8. The summed E-state index contributed by atoms with van der Waals surface area (Å²) in [6.07, 6.45) is 1.45. The SMILES string of the molecule is O=C(O)CCOc1ccc(/C=C2\SC(=S)N(c3cc(C(=O)O)cc(C(=O)O)c3)C2=O)cc1. The van der Waals surface area contributed by atoms with Gasteiger partial charge in [0.1, 0.15) is 5.75 Å². The van der Waals surface area contributed by atoms with E-state index >= 15 is 0 Å². The minimum absolute atomic E-state index is 0.0288. The van der Waals surface area contributed by atoms with Crippen LogP contribution < -0.4 is 9.64 Å². The normalized spacial score (nSPS) is 14.6. The van der Waals surface area contributed by atoms with Crippen LogP contribution >= 0.6 is 24.0 Å². The lowest BCUT2D eigenvalue weighted by atomic mass is 10.1. The fraction of sp³-hybridized carbons (Fsp3) is 0.0952. The van der Waals surface area contributed by atoms with Gasteiger partial charge in [-0.05, 0) is 42.0 Å². The minimum Gasteiger partial charge on any atom is -0.493 e. The molecule has 2 aromatic carbocycles. The molecule has 1 aliphatic rings. The van der Waals surface area contributed by atoms with E-state index in [1.807, 2.05) is 0 Å². The molecule has 0 bridgehead atoms. The highest BCUT2D eigenvalue weighted by molar-refractivity contribution is 8.27. The second-order valence-corrected chi connectivity index (χ2v) is 8.13. The van der Waals surface area contributed by atoms with Gasteiger partial charge in [-0.1, -0.05) is 36.1 Å². The summed E-state index contributed by atoms with van der Waals surface area (Å²) in [5, 5.41) is 27.1. The second kappa shape index (κ2) is 9.62. The van der Waals surface area contributed by atoms with E-state index in [1.54, 1.807) is 30.3 Å². The molecule has 0 spiro atoms. The highest BCUT2D eigenvalue weighted by atomic mass is 32.2. The maximum Gasteiger partial charge on any atom is 0.335 e. The van der Waals surface area contributed by atoms with Crippen molar-refractivity contribution in [2.45, 2.75) is 6.42 Å². The van der Waals surface area contributed by atoms with Gasteiger partial charge in [-0.25, -0.2) is 9.59 Å². The molecule has 0 aliphatic carbocycles. The highest BCUT2D eigenvalue weighted by Gasteiger charge is 2.34. The van der Waals surface area contributed by atoms with E-state index in [-0.39, 0.29) is 39.1 Å². The maximum atomic E-state index is 12.9. The molecule has 2 aromatic rings. The molecule has 9 nitrogen and oxygen atoms in total. The zero-order chi connectivity index (χ0) is 23.4. The number of carboxylic acid groups (broad SMARTS) is 3. The number of amides is 1.